The van der Waals surface area contributed by atoms with Crippen LogP contribution in [0.4, 0.5) is 10.1 Å². The minimum atomic E-state index is -0.435. The van der Waals surface area contributed by atoms with Crippen LogP contribution in [0.15, 0.2) is 48.5 Å². The average Bonchev–Trinajstić information content (AvgIpc) is 2.50. The molecule has 0 bridgehead atoms. The Kier molecular flexibility index (Phi) is 5.29. The average molecular weight is 288 g/mol. The van der Waals surface area contributed by atoms with Gasteiger partial charge in [0, 0.05) is 12.2 Å². The van der Waals surface area contributed by atoms with Crippen LogP contribution in [0.2, 0.25) is 0 Å². The number of anilines is 1. The SMILES string of the molecule is NCc1ccc(NC(=O)CCOc2ccccc2F)cc1. The maximum atomic E-state index is 13.3. The summed E-state index contributed by atoms with van der Waals surface area (Å²) in [7, 11) is 0. The van der Waals surface area contributed by atoms with Gasteiger partial charge in [0.25, 0.3) is 0 Å². The minimum Gasteiger partial charge on any atom is -0.490 e. The van der Waals surface area contributed by atoms with E-state index in [4.69, 9.17) is 10.5 Å². The summed E-state index contributed by atoms with van der Waals surface area (Å²) >= 11 is 0. The lowest BCUT2D eigenvalue weighted by Crippen LogP contribution is -2.15. The number of hydrogen-bond acceptors (Lipinski definition) is 3. The van der Waals surface area contributed by atoms with Crippen molar-refractivity contribution in [1.82, 2.24) is 0 Å². The second kappa shape index (κ2) is 7.40. The van der Waals surface area contributed by atoms with E-state index in [1.165, 1.54) is 12.1 Å². The van der Waals surface area contributed by atoms with E-state index in [9.17, 15) is 9.18 Å². The van der Waals surface area contributed by atoms with Crippen molar-refractivity contribution in [2.75, 3.05) is 11.9 Å². The van der Waals surface area contributed by atoms with Gasteiger partial charge >= 0.3 is 0 Å². The van der Waals surface area contributed by atoms with Gasteiger partial charge in [0.05, 0.1) is 13.0 Å². The number of carbonyl (C=O) groups is 1. The molecule has 0 aliphatic rings. The highest BCUT2D eigenvalue weighted by Gasteiger charge is 2.05. The van der Waals surface area contributed by atoms with E-state index >= 15 is 0 Å². The lowest BCUT2D eigenvalue weighted by molar-refractivity contribution is -0.116. The summed E-state index contributed by atoms with van der Waals surface area (Å²) in [6.07, 6.45) is 0.146. The fourth-order valence-electron chi connectivity index (χ4n) is 1.76. The van der Waals surface area contributed by atoms with E-state index in [0.717, 1.165) is 5.56 Å². The van der Waals surface area contributed by atoms with Crippen LogP contribution in [0.5, 0.6) is 5.75 Å². The zero-order chi connectivity index (χ0) is 15.1. The Hall–Kier alpha value is -2.40. The molecular formula is C16H17FN2O2. The summed E-state index contributed by atoms with van der Waals surface area (Å²) in [5.74, 6) is -0.472. The van der Waals surface area contributed by atoms with E-state index in [0.29, 0.717) is 12.2 Å². The summed E-state index contributed by atoms with van der Waals surface area (Å²) in [5.41, 5.74) is 7.19. The van der Waals surface area contributed by atoms with Crippen LogP contribution in [-0.4, -0.2) is 12.5 Å². The summed E-state index contributed by atoms with van der Waals surface area (Å²) in [5, 5.41) is 2.74. The first kappa shape index (κ1) is 15.0. The number of benzene rings is 2. The molecule has 0 heterocycles. The Morgan fingerprint density at radius 3 is 2.52 bits per heavy atom. The standard InChI is InChI=1S/C16H17FN2O2/c17-14-3-1-2-4-15(14)21-10-9-16(20)19-13-7-5-12(11-18)6-8-13/h1-8H,9-11,18H2,(H,19,20). The van der Waals surface area contributed by atoms with Crippen LogP contribution < -0.4 is 15.8 Å². The molecule has 0 aliphatic heterocycles. The van der Waals surface area contributed by atoms with Crippen LogP contribution >= 0.6 is 0 Å². The molecule has 110 valence electrons. The van der Waals surface area contributed by atoms with Crippen LogP contribution in [0.1, 0.15) is 12.0 Å². The monoisotopic (exact) mass is 288 g/mol. The van der Waals surface area contributed by atoms with Crippen molar-refractivity contribution in [3.05, 3.63) is 59.9 Å². The summed E-state index contributed by atoms with van der Waals surface area (Å²) < 4.78 is 18.5. The van der Waals surface area contributed by atoms with E-state index < -0.39 is 5.82 Å². The molecule has 5 heteroatoms. The van der Waals surface area contributed by atoms with Crippen molar-refractivity contribution in [2.24, 2.45) is 5.73 Å². The summed E-state index contributed by atoms with van der Waals surface area (Å²) in [6.45, 7) is 0.582. The van der Waals surface area contributed by atoms with Crippen molar-refractivity contribution in [2.45, 2.75) is 13.0 Å². The number of hydrogen-bond donors (Lipinski definition) is 2. The first-order chi connectivity index (χ1) is 10.2. The summed E-state index contributed by atoms with van der Waals surface area (Å²) in [4.78, 5) is 11.7. The third-order valence-electron chi connectivity index (χ3n) is 2.90. The van der Waals surface area contributed by atoms with Crippen LogP contribution in [-0.2, 0) is 11.3 Å². The maximum Gasteiger partial charge on any atom is 0.227 e. The van der Waals surface area contributed by atoms with Crippen LogP contribution in [0.25, 0.3) is 0 Å². The molecule has 21 heavy (non-hydrogen) atoms. The Morgan fingerprint density at radius 2 is 1.86 bits per heavy atom. The molecule has 0 spiro atoms. The van der Waals surface area contributed by atoms with Crippen molar-refractivity contribution < 1.29 is 13.9 Å². The molecule has 0 unspecified atom stereocenters. The molecule has 3 N–H and O–H groups in total. The molecule has 0 atom stereocenters. The fourth-order valence-corrected chi connectivity index (χ4v) is 1.76. The van der Waals surface area contributed by atoms with E-state index in [1.807, 2.05) is 12.1 Å². The van der Waals surface area contributed by atoms with Crippen molar-refractivity contribution in [3.8, 4) is 5.75 Å². The fraction of sp³-hybridized carbons (Fsp3) is 0.188. The number of rotatable bonds is 6. The van der Waals surface area contributed by atoms with Crippen LogP contribution in [0, 0.1) is 5.82 Å². The number of amides is 1. The van der Waals surface area contributed by atoms with Gasteiger partial charge in [-0.1, -0.05) is 24.3 Å². The molecule has 0 fully saturated rings. The van der Waals surface area contributed by atoms with E-state index in [-0.39, 0.29) is 24.7 Å². The predicted octanol–water partition coefficient (Wildman–Crippen LogP) is 2.69. The summed E-state index contributed by atoms with van der Waals surface area (Å²) in [6, 6.07) is 13.4. The van der Waals surface area contributed by atoms with Crippen LogP contribution in [0.3, 0.4) is 0 Å². The zero-order valence-electron chi connectivity index (χ0n) is 11.5. The Morgan fingerprint density at radius 1 is 1.14 bits per heavy atom. The van der Waals surface area contributed by atoms with Gasteiger partial charge in [-0.3, -0.25) is 4.79 Å². The van der Waals surface area contributed by atoms with E-state index in [1.54, 1.807) is 24.3 Å². The van der Waals surface area contributed by atoms with Gasteiger partial charge in [-0.25, -0.2) is 4.39 Å². The molecule has 0 radical (unpaired) electrons. The van der Waals surface area contributed by atoms with Gasteiger partial charge in [0.1, 0.15) is 0 Å². The highest BCUT2D eigenvalue weighted by atomic mass is 19.1. The van der Waals surface area contributed by atoms with Crippen molar-refractivity contribution >= 4 is 11.6 Å². The van der Waals surface area contributed by atoms with Gasteiger partial charge < -0.3 is 15.8 Å². The maximum absolute atomic E-state index is 13.3. The number of nitrogens with two attached hydrogens (primary N) is 1. The Balaban J connectivity index is 1.78. The third kappa shape index (κ3) is 4.57. The number of halogens is 1. The number of carbonyl (C=O) groups excluding carboxylic acids is 1. The molecule has 0 aromatic heterocycles. The molecule has 2 aromatic rings. The molecule has 1 amide bonds. The normalized spacial score (nSPS) is 10.2. The van der Waals surface area contributed by atoms with E-state index in [2.05, 4.69) is 5.32 Å². The molecule has 4 nitrogen and oxygen atoms in total. The quantitative estimate of drug-likeness (QED) is 0.859. The molecule has 0 saturated carbocycles. The smallest absolute Gasteiger partial charge is 0.227 e. The zero-order valence-corrected chi connectivity index (χ0v) is 11.5. The van der Waals surface area contributed by atoms with Gasteiger partial charge in [0.2, 0.25) is 5.91 Å². The van der Waals surface area contributed by atoms with Gasteiger partial charge in [-0.05, 0) is 29.8 Å². The Bertz CT molecular complexity index is 599. The minimum absolute atomic E-state index is 0.119. The van der Waals surface area contributed by atoms with Crippen molar-refractivity contribution in [3.63, 3.8) is 0 Å². The Labute approximate surface area is 122 Å². The first-order valence-electron chi connectivity index (χ1n) is 6.65. The molecule has 2 rings (SSSR count). The second-order valence-corrected chi connectivity index (χ2v) is 4.48. The predicted molar refractivity (Wildman–Crippen MR) is 79.5 cm³/mol. The topological polar surface area (TPSA) is 64.3 Å². The van der Waals surface area contributed by atoms with Gasteiger partial charge in [-0.15, -0.1) is 0 Å². The van der Waals surface area contributed by atoms with Crippen molar-refractivity contribution in [1.29, 1.82) is 0 Å². The lowest BCUT2D eigenvalue weighted by Gasteiger charge is -2.08. The third-order valence-corrected chi connectivity index (χ3v) is 2.90. The number of nitrogens with one attached hydrogen (secondary N) is 1. The second-order valence-electron chi connectivity index (χ2n) is 4.48. The highest BCUT2D eigenvalue weighted by Crippen LogP contribution is 2.15. The largest absolute Gasteiger partial charge is 0.490 e. The molecule has 2 aromatic carbocycles. The lowest BCUT2D eigenvalue weighted by atomic mass is 10.2. The number of para-hydroxylation sites is 1. The molecular weight excluding hydrogens is 271 g/mol. The highest BCUT2D eigenvalue weighted by molar-refractivity contribution is 5.90. The van der Waals surface area contributed by atoms with Gasteiger partial charge in [0.15, 0.2) is 11.6 Å². The van der Waals surface area contributed by atoms with Gasteiger partial charge in [-0.2, -0.15) is 0 Å². The molecule has 0 saturated heterocycles. The molecule has 0 aliphatic carbocycles. The number of ether oxygens (including phenoxy) is 1. The first-order valence-corrected chi connectivity index (χ1v) is 6.65.